The lowest BCUT2D eigenvalue weighted by Crippen LogP contribution is -2.46. The van der Waals surface area contributed by atoms with Crippen LogP contribution in [0.2, 0.25) is 0 Å². The zero-order chi connectivity index (χ0) is 22.8. The van der Waals surface area contributed by atoms with E-state index in [1.807, 2.05) is 19.1 Å². The summed E-state index contributed by atoms with van der Waals surface area (Å²) < 4.78 is 26.7. The topological polar surface area (TPSA) is 70.2 Å². The third-order valence-electron chi connectivity index (χ3n) is 5.47. The number of halogens is 2. The van der Waals surface area contributed by atoms with Gasteiger partial charge in [0.2, 0.25) is 11.8 Å². The van der Waals surface area contributed by atoms with E-state index in [0.29, 0.717) is 0 Å². The quantitative estimate of drug-likeness (QED) is 0.672. The van der Waals surface area contributed by atoms with Gasteiger partial charge in [-0.2, -0.15) is 0 Å². The van der Waals surface area contributed by atoms with Gasteiger partial charge in [-0.1, -0.05) is 31.5 Å². The van der Waals surface area contributed by atoms with Gasteiger partial charge in [0.25, 0.3) is 0 Å². The summed E-state index contributed by atoms with van der Waals surface area (Å²) in [7, 11) is 0. The molecule has 1 aliphatic rings. The maximum Gasteiger partial charge on any atom is 0.242 e. The molecule has 1 heterocycles. The normalized spacial score (nSPS) is 18.2. The Morgan fingerprint density at radius 1 is 1.16 bits per heavy atom. The van der Waals surface area contributed by atoms with Gasteiger partial charge in [0, 0.05) is 18.3 Å². The summed E-state index contributed by atoms with van der Waals surface area (Å²) >= 11 is 0. The molecule has 1 unspecified atom stereocenters. The number of anilines is 1. The average Bonchev–Trinajstić information content (AvgIpc) is 2.76. The number of rotatable bonds is 5. The first kappa shape index (κ1) is 22.7. The summed E-state index contributed by atoms with van der Waals surface area (Å²) in [4.78, 5) is 25.2. The minimum absolute atomic E-state index is 0.0428. The van der Waals surface area contributed by atoms with Crippen LogP contribution in [0.3, 0.4) is 0 Å². The minimum Gasteiger partial charge on any atom is -0.384 e. The summed E-state index contributed by atoms with van der Waals surface area (Å²) in [6.45, 7) is 8.66. The number of carbonyl (C=O) groups excluding carboxylic acids is 2. The Balaban J connectivity index is 1.68. The lowest BCUT2D eigenvalue weighted by Gasteiger charge is -2.28. The van der Waals surface area contributed by atoms with Gasteiger partial charge in [-0.05, 0) is 55.0 Å². The molecule has 0 fully saturated rings. The van der Waals surface area contributed by atoms with Gasteiger partial charge in [0.1, 0.15) is 17.7 Å². The van der Waals surface area contributed by atoms with Gasteiger partial charge in [-0.15, -0.1) is 0 Å². The second kappa shape index (κ2) is 9.04. The molecule has 0 saturated carbocycles. The summed E-state index contributed by atoms with van der Waals surface area (Å²) in [5.41, 5.74) is 3.28. The van der Waals surface area contributed by atoms with E-state index in [-0.39, 0.29) is 29.3 Å². The molecule has 0 saturated heterocycles. The largest absolute Gasteiger partial charge is 0.384 e. The van der Waals surface area contributed by atoms with Gasteiger partial charge in [-0.25, -0.2) is 8.78 Å². The molecule has 0 spiro atoms. The molecule has 7 heteroatoms. The molecular weight excluding hydrogens is 400 g/mol. The van der Waals surface area contributed by atoms with Crippen LogP contribution in [0.25, 0.3) is 0 Å². The van der Waals surface area contributed by atoms with Crippen LogP contribution in [0.1, 0.15) is 49.9 Å². The van der Waals surface area contributed by atoms with Crippen LogP contribution in [0.4, 0.5) is 14.5 Å². The molecule has 1 aliphatic heterocycles. The first-order chi connectivity index (χ1) is 14.5. The fraction of sp³-hybridized carbons (Fsp3) is 0.417. The Morgan fingerprint density at radius 3 is 2.52 bits per heavy atom. The van der Waals surface area contributed by atoms with E-state index in [9.17, 15) is 18.4 Å². The molecule has 0 radical (unpaired) electrons. The SMILES string of the molecule is Cc1ccc2c(c1)C(NC(=O)[C@H](C)NC(=O)Cc1cc(F)cc(F)c1)CC(C)(C)CN2. The van der Waals surface area contributed by atoms with E-state index in [1.54, 1.807) is 6.92 Å². The van der Waals surface area contributed by atoms with Crippen LogP contribution in [-0.2, 0) is 16.0 Å². The van der Waals surface area contributed by atoms with Crippen molar-refractivity contribution in [1.29, 1.82) is 0 Å². The van der Waals surface area contributed by atoms with Crippen molar-refractivity contribution in [3.8, 4) is 0 Å². The van der Waals surface area contributed by atoms with Gasteiger partial charge < -0.3 is 16.0 Å². The number of carbonyl (C=O) groups is 2. The molecule has 2 aromatic carbocycles. The predicted octanol–water partition coefficient (Wildman–Crippen LogP) is 4.02. The fourth-order valence-electron chi connectivity index (χ4n) is 3.88. The highest BCUT2D eigenvalue weighted by Gasteiger charge is 2.31. The summed E-state index contributed by atoms with van der Waals surface area (Å²) in [5, 5.41) is 9.15. The first-order valence-electron chi connectivity index (χ1n) is 10.4. The average molecular weight is 430 g/mol. The number of nitrogens with one attached hydrogen (secondary N) is 3. The molecule has 5 nitrogen and oxygen atoms in total. The van der Waals surface area contributed by atoms with Crippen LogP contribution in [0.5, 0.6) is 0 Å². The Labute approximate surface area is 181 Å². The molecule has 0 aliphatic carbocycles. The number of benzene rings is 2. The number of aryl methyl sites for hydroxylation is 1. The zero-order valence-corrected chi connectivity index (χ0v) is 18.3. The van der Waals surface area contributed by atoms with Crippen molar-refractivity contribution in [2.75, 3.05) is 11.9 Å². The standard InChI is InChI=1S/C24H29F2N3O2/c1-14-5-6-20-19(7-14)21(12-24(3,4)13-27-20)29-23(31)15(2)28-22(30)10-16-8-17(25)11-18(26)9-16/h5-9,11,15,21,27H,10,12-13H2,1-4H3,(H,28,30)(H,29,31)/t15-,21?/m0/s1. The third kappa shape index (κ3) is 6.03. The van der Waals surface area contributed by atoms with Crippen LogP contribution in [0.15, 0.2) is 36.4 Å². The Hall–Kier alpha value is -2.96. The molecule has 2 aromatic rings. The maximum absolute atomic E-state index is 13.3. The van der Waals surface area contributed by atoms with Crippen molar-refractivity contribution in [2.45, 2.75) is 52.6 Å². The van der Waals surface area contributed by atoms with E-state index < -0.39 is 23.6 Å². The van der Waals surface area contributed by atoms with E-state index in [2.05, 4.69) is 35.9 Å². The summed E-state index contributed by atoms with van der Waals surface area (Å²) in [6.07, 6.45) is 0.528. The van der Waals surface area contributed by atoms with E-state index in [1.165, 1.54) is 0 Å². The van der Waals surface area contributed by atoms with Crippen LogP contribution in [0, 0.1) is 24.0 Å². The Kier molecular flexibility index (Phi) is 6.62. The summed E-state index contributed by atoms with van der Waals surface area (Å²) in [6, 6.07) is 8.08. The van der Waals surface area contributed by atoms with E-state index in [0.717, 1.165) is 48.0 Å². The maximum atomic E-state index is 13.3. The minimum atomic E-state index is -0.793. The molecule has 0 aromatic heterocycles. The van der Waals surface area contributed by atoms with Crippen molar-refractivity contribution in [1.82, 2.24) is 10.6 Å². The molecule has 0 bridgehead atoms. The van der Waals surface area contributed by atoms with Crippen molar-refractivity contribution >= 4 is 17.5 Å². The van der Waals surface area contributed by atoms with Crippen molar-refractivity contribution in [3.05, 3.63) is 64.7 Å². The second-order valence-electron chi connectivity index (χ2n) is 9.12. The lowest BCUT2D eigenvalue weighted by atomic mass is 9.84. The Morgan fingerprint density at radius 2 is 1.84 bits per heavy atom. The Bertz CT molecular complexity index is 971. The predicted molar refractivity (Wildman–Crippen MR) is 117 cm³/mol. The highest BCUT2D eigenvalue weighted by molar-refractivity contribution is 5.88. The first-order valence-corrected chi connectivity index (χ1v) is 10.4. The molecule has 2 atom stereocenters. The second-order valence-corrected chi connectivity index (χ2v) is 9.12. The smallest absolute Gasteiger partial charge is 0.242 e. The van der Waals surface area contributed by atoms with Gasteiger partial charge in [0.05, 0.1) is 12.5 Å². The number of hydrogen-bond acceptors (Lipinski definition) is 3. The fourth-order valence-corrected chi connectivity index (χ4v) is 3.88. The van der Waals surface area contributed by atoms with E-state index in [4.69, 9.17) is 0 Å². The van der Waals surface area contributed by atoms with E-state index >= 15 is 0 Å². The molecule has 3 N–H and O–H groups in total. The van der Waals surface area contributed by atoms with Crippen LogP contribution < -0.4 is 16.0 Å². The third-order valence-corrected chi connectivity index (χ3v) is 5.47. The summed E-state index contributed by atoms with van der Waals surface area (Å²) in [5.74, 6) is -2.28. The number of hydrogen-bond donors (Lipinski definition) is 3. The van der Waals surface area contributed by atoms with Gasteiger partial charge >= 0.3 is 0 Å². The molecule has 166 valence electrons. The monoisotopic (exact) mass is 429 g/mol. The molecule has 2 amide bonds. The molecule has 3 rings (SSSR count). The van der Waals surface area contributed by atoms with Crippen molar-refractivity contribution in [2.24, 2.45) is 5.41 Å². The number of fused-ring (bicyclic) bond motifs is 1. The molecular formula is C24H29F2N3O2. The lowest BCUT2D eigenvalue weighted by molar-refractivity contribution is -0.128. The zero-order valence-electron chi connectivity index (χ0n) is 18.3. The highest BCUT2D eigenvalue weighted by atomic mass is 19.1. The van der Waals surface area contributed by atoms with Gasteiger partial charge in [0.15, 0.2) is 0 Å². The van der Waals surface area contributed by atoms with Crippen LogP contribution in [-0.4, -0.2) is 24.4 Å². The number of amides is 2. The van der Waals surface area contributed by atoms with Crippen molar-refractivity contribution in [3.63, 3.8) is 0 Å². The van der Waals surface area contributed by atoms with Crippen molar-refractivity contribution < 1.29 is 18.4 Å². The highest BCUT2D eigenvalue weighted by Crippen LogP contribution is 2.37. The molecule has 31 heavy (non-hydrogen) atoms. The van der Waals surface area contributed by atoms with Crippen LogP contribution >= 0.6 is 0 Å². The van der Waals surface area contributed by atoms with Gasteiger partial charge in [-0.3, -0.25) is 9.59 Å².